The van der Waals surface area contributed by atoms with Gasteiger partial charge in [-0.05, 0) is 31.5 Å². The lowest BCUT2D eigenvalue weighted by molar-refractivity contribution is -0.129. The zero-order valence-corrected chi connectivity index (χ0v) is 12.0. The second kappa shape index (κ2) is 7.26. The summed E-state index contributed by atoms with van der Waals surface area (Å²) in [5, 5.41) is 6.10. The molecule has 0 bridgehead atoms. The largest absolute Gasteiger partial charge is 0.494 e. The molecular formula is C15H22N2O3. The van der Waals surface area contributed by atoms with E-state index in [0.29, 0.717) is 26.3 Å². The molecule has 1 amide bonds. The standard InChI is InChI=1S/C15H22N2O3/c1-3-19-13-6-4-12(5-7-13)10-17-15(18)14-11(2)20-9-8-16-14/h4-7,11,14,16H,3,8-10H2,1-2H3,(H,17,18)/t11-,14+/m1/s1. The van der Waals surface area contributed by atoms with Gasteiger partial charge >= 0.3 is 0 Å². The number of hydrogen-bond acceptors (Lipinski definition) is 4. The van der Waals surface area contributed by atoms with Gasteiger partial charge in [0.1, 0.15) is 11.8 Å². The molecule has 2 atom stereocenters. The fraction of sp³-hybridized carbons (Fsp3) is 0.533. The van der Waals surface area contributed by atoms with E-state index in [1.165, 1.54) is 0 Å². The van der Waals surface area contributed by atoms with Gasteiger partial charge in [-0.1, -0.05) is 12.1 Å². The van der Waals surface area contributed by atoms with Crippen molar-refractivity contribution in [2.75, 3.05) is 19.8 Å². The topological polar surface area (TPSA) is 59.6 Å². The number of carbonyl (C=O) groups excluding carboxylic acids is 1. The molecule has 0 unspecified atom stereocenters. The third-order valence-electron chi connectivity index (χ3n) is 3.30. The Morgan fingerprint density at radius 3 is 2.85 bits per heavy atom. The van der Waals surface area contributed by atoms with E-state index in [1.807, 2.05) is 38.1 Å². The van der Waals surface area contributed by atoms with E-state index >= 15 is 0 Å². The maximum absolute atomic E-state index is 12.1. The SMILES string of the molecule is CCOc1ccc(CNC(=O)[C@H]2NCCO[C@@H]2C)cc1. The number of morpholine rings is 1. The highest BCUT2D eigenvalue weighted by Crippen LogP contribution is 2.12. The van der Waals surface area contributed by atoms with Crippen molar-refractivity contribution in [2.45, 2.75) is 32.5 Å². The van der Waals surface area contributed by atoms with Gasteiger partial charge in [-0.15, -0.1) is 0 Å². The molecule has 0 spiro atoms. The minimum atomic E-state index is -0.272. The minimum absolute atomic E-state index is 0.0221. The second-order valence-electron chi connectivity index (χ2n) is 4.80. The van der Waals surface area contributed by atoms with Gasteiger partial charge in [-0.25, -0.2) is 0 Å². The number of carbonyl (C=O) groups is 1. The van der Waals surface area contributed by atoms with Crippen molar-refractivity contribution < 1.29 is 14.3 Å². The predicted molar refractivity (Wildman–Crippen MR) is 76.7 cm³/mol. The first-order valence-electron chi connectivity index (χ1n) is 7.05. The Morgan fingerprint density at radius 2 is 2.20 bits per heavy atom. The summed E-state index contributed by atoms with van der Waals surface area (Å²) in [6, 6.07) is 7.47. The van der Waals surface area contributed by atoms with Crippen LogP contribution in [-0.2, 0) is 16.1 Å². The lowest BCUT2D eigenvalue weighted by Crippen LogP contribution is -2.55. The molecule has 1 aromatic rings. The van der Waals surface area contributed by atoms with Crippen LogP contribution in [0.15, 0.2) is 24.3 Å². The normalized spacial score (nSPS) is 22.3. The maximum atomic E-state index is 12.1. The number of rotatable bonds is 5. The van der Waals surface area contributed by atoms with Crippen LogP contribution in [-0.4, -0.2) is 37.8 Å². The average molecular weight is 278 g/mol. The number of ether oxygens (including phenoxy) is 2. The average Bonchev–Trinajstić information content (AvgIpc) is 2.47. The zero-order valence-electron chi connectivity index (χ0n) is 12.0. The summed E-state index contributed by atoms with van der Waals surface area (Å²) in [7, 11) is 0. The Bertz CT molecular complexity index is 433. The first kappa shape index (κ1) is 14.8. The monoisotopic (exact) mass is 278 g/mol. The molecule has 5 nitrogen and oxygen atoms in total. The van der Waals surface area contributed by atoms with Crippen molar-refractivity contribution in [3.63, 3.8) is 0 Å². The lowest BCUT2D eigenvalue weighted by Gasteiger charge is -2.29. The van der Waals surface area contributed by atoms with E-state index in [-0.39, 0.29) is 18.1 Å². The highest BCUT2D eigenvalue weighted by molar-refractivity contribution is 5.82. The molecule has 5 heteroatoms. The van der Waals surface area contributed by atoms with Crippen molar-refractivity contribution in [3.8, 4) is 5.75 Å². The third-order valence-corrected chi connectivity index (χ3v) is 3.30. The summed E-state index contributed by atoms with van der Waals surface area (Å²) < 4.78 is 10.8. The van der Waals surface area contributed by atoms with Crippen LogP contribution in [0.1, 0.15) is 19.4 Å². The number of amides is 1. The summed E-state index contributed by atoms with van der Waals surface area (Å²) >= 11 is 0. The molecule has 2 N–H and O–H groups in total. The van der Waals surface area contributed by atoms with Gasteiger partial charge in [0.25, 0.3) is 0 Å². The molecule has 0 aromatic heterocycles. The van der Waals surface area contributed by atoms with E-state index in [4.69, 9.17) is 9.47 Å². The zero-order chi connectivity index (χ0) is 14.4. The second-order valence-corrected chi connectivity index (χ2v) is 4.80. The quantitative estimate of drug-likeness (QED) is 0.846. The van der Waals surface area contributed by atoms with Crippen molar-refractivity contribution in [3.05, 3.63) is 29.8 Å². The molecule has 20 heavy (non-hydrogen) atoms. The van der Waals surface area contributed by atoms with Crippen LogP contribution < -0.4 is 15.4 Å². The van der Waals surface area contributed by atoms with E-state index in [9.17, 15) is 4.79 Å². The number of hydrogen-bond donors (Lipinski definition) is 2. The van der Waals surface area contributed by atoms with Crippen LogP contribution in [0.5, 0.6) is 5.75 Å². The Morgan fingerprint density at radius 1 is 1.45 bits per heavy atom. The van der Waals surface area contributed by atoms with Crippen LogP contribution >= 0.6 is 0 Å². The van der Waals surface area contributed by atoms with E-state index in [1.54, 1.807) is 0 Å². The molecule has 1 saturated heterocycles. The van der Waals surface area contributed by atoms with E-state index in [0.717, 1.165) is 11.3 Å². The van der Waals surface area contributed by atoms with Crippen molar-refractivity contribution in [2.24, 2.45) is 0 Å². The Labute approximate surface area is 119 Å². The summed E-state index contributed by atoms with van der Waals surface area (Å²) in [4.78, 5) is 12.1. The van der Waals surface area contributed by atoms with Crippen molar-refractivity contribution in [1.82, 2.24) is 10.6 Å². The Balaban J connectivity index is 1.83. The lowest BCUT2D eigenvalue weighted by atomic mass is 10.1. The molecule has 0 aliphatic carbocycles. The van der Waals surface area contributed by atoms with Crippen LogP contribution in [0.2, 0.25) is 0 Å². The number of benzene rings is 1. The first-order chi connectivity index (χ1) is 9.70. The van der Waals surface area contributed by atoms with Gasteiger partial charge in [0.15, 0.2) is 0 Å². The van der Waals surface area contributed by atoms with Gasteiger partial charge in [-0.2, -0.15) is 0 Å². The van der Waals surface area contributed by atoms with Gasteiger partial charge in [0.2, 0.25) is 5.91 Å². The fourth-order valence-electron chi connectivity index (χ4n) is 2.20. The van der Waals surface area contributed by atoms with E-state index < -0.39 is 0 Å². The molecule has 0 saturated carbocycles. The van der Waals surface area contributed by atoms with Crippen LogP contribution in [0.25, 0.3) is 0 Å². The van der Waals surface area contributed by atoms with Gasteiger partial charge in [0, 0.05) is 13.1 Å². The molecule has 1 aliphatic heterocycles. The first-order valence-corrected chi connectivity index (χ1v) is 7.05. The summed E-state index contributed by atoms with van der Waals surface area (Å²) in [6.45, 7) is 6.40. The van der Waals surface area contributed by atoms with Gasteiger partial charge in [-0.3, -0.25) is 4.79 Å². The third kappa shape index (κ3) is 3.95. The smallest absolute Gasteiger partial charge is 0.240 e. The van der Waals surface area contributed by atoms with Crippen LogP contribution in [0, 0.1) is 0 Å². The van der Waals surface area contributed by atoms with Gasteiger partial charge in [0.05, 0.1) is 19.3 Å². The Hall–Kier alpha value is -1.59. The van der Waals surface area contributed by atoms with Crippen LogP contribution in [0.3, 0.4) is 0 Å². The number of nitrogens with one attached hydrogen (secondary N) is 2. The predicted octanol–water partition coefficient (Wildman–Crippen LogP) is 1.08. The van der Waals surface area contributed by atoms with Crippen molar-refractivity contribution >= 4 is 5.91 Å². The molecule has 1 heterocycles. The fourth-order valence-corrected chi connectivity index (χ4v) is 2.20. The highest BCUT2D eigenvalue weighted by Gasteiger charge is 2.27. The van der Waals surface area contributed by atoms with Gasteiger partial charge < -0.3 is 20.1 Å². The molecule has 1 fully saturated rings. The molecule has 2 rings (SSSR count). The molecule has 0 radical (unpaired) electrons. The summed E-state index contributed by atoms with van der Waals surface area (Å²) in [6.07, 6.45) is -0.0934. The highest BCUT2D eigenvalue weighted by atomic mass is 16.5. The minimum Gasteiger partial charge on any atom is -0.494 e. The Kier molecular flexibility index (Phi) is 5.38. The van der Waals surface area contributed by atoms with Crippen molar-refractivity contribution in [1.29, 1.82) is 0 Å². The molecule has 110 valence electrons. The van der Waals surface area contributed by atoms with Crippen LogP contribution in [0.4, 0.5) is 0 Å². The summed E-state index contributed by atoms with van der Waals surface area (Å²) in [5.74, 6) is 0.824. The molecular weight excluding hydrogens is 256 g/mol. The molecule has 1 aliphatic rings. The molecule has 1 aromatic carbocycles. The maximum Gasteiger partial charge on any atom is 0.240 e. The van der Waals surface area contributed by atoms with E-state index in [2.05, 4.69) is 10.6 Å². The summed E-state index contributed by atoms with van der Waals surface area (Å²) in [5.41, 5.74) is 1.05.